The van der Waals surface area contributed by atoms with Crippen LogP contribution >= 0.6 is 66.4 Å². The average molecular weight is 346 g/mol. The summed E-state index contributed by atoms with van der Waals surface area (Å²) < 4.78 is 24.0. The van der Waals surface area contributed by atoms with E-state index < -0.39 is 7.82 Å². The predicted molar refractivity (Wildman–Crippen MR) is 63.6 cm³/mol. The van der Waals surface area contributed by atoms with Crippen LogP contribution in [0.15, 0.2) is 12.1 Å². The molecule has 0 unspecified atom stereocenters. The lowest BCUT2D eigenvalue weighted by Crippen LogP contribution is -1.93. The molecule has 0 heterocycles. The highest BCUT2D eigenvalue weighted by atomic mass is 35.5. The summed E-state index contributed by atoms with van der Waals surface area (Å²) in [5, 5.41) is 0.154. The van der Waals surface area contributed by atoms with Crippen LogP contribution in [0.3, 0.4) is 0 Å². The van der Waals surface area contributed by atoms with Gasteiger partial charge in [0.05, 0.1) is 33.8 Å². The predicted octanol–water partition coefficient (Wildman–Crippen LogP) is 5.47. The van der Waals surface area contributed by atoms with E-state index in [0.717, 1.165) is 0 Å². The number of benzene rings is 1. The highest BCUT2D eigenvalue weighted by molar-refractivity contribution is 7.50. The van der Waals surface area contributed by atoms with Crippen molar-refractivity contribution in [3.8, 4) is 5.75 Å². The topological polar surface area (TPSA) is 44.8 Å². The van der Waals surface area contributed by atoms with E-state index in [0.29, 0.717) is 0 Å². The Morgan fingerprint density at radius 2 is 1.56 bits per heavy atom. The van der Waals surface area contributed by atoms with Crippen LogP contribution in [0.2, 0.25) is 15.1 Å². The zero-order chi connectivity index (χ0) is 12.3. The molecule has 0 saturated heterocycles. The average Bonchev–Trinajstić information content (AvgIpc) is 2.30. The normalized spacial score (nSPS) is 11.6. The molecule has 0 aliphatic carbocycles. The van der Waals surface area contributed by atoms with Gasteiger partial charge in [0, 0.05) is 0 Å². The van der Waals surface area contributed by atoms with Crippen LogP contribution in [0.25, 0.3) is 0 Å². The minimum atomic E-state index is -4.12. The molecule has 4 nitrogen and oxygen atoms in total. The monoisotopic (exact) mass is 344 g/mol. The van der Waals surface area contributed by atoms with E-state index in [-0.39, 0.29) is 20.8 Å². The second-order valence-corrected chi connectivity index (χ2v) is 5.69. The summed E-state index contributed by atoms with van der Waals surface area (Å²) in [6.45, 7) is 0. The van der Waals surface area contributed by atoms with Gasteiger partial charge in [-0.2, -0.15) is 8.15 Å². The van der Waals surface area contributed by atoms with Crippen LogP contribution in [-0.4, -0.2) is 0 Å². The fraction of sp³-hybridized carbons (Fsp3) is 0. The fourth-order valence-corrected chi connectivity index (χ4v) is 2.25. The van der Waals surface area contributed by atoms with Gasteiger partial charge in [0.2, 0.25) is 0 Å². The van der Waals surface area contributed by atoms with Crippen molar-refractivity contribution in [3.63, 3.8) is 0 Å². The van der Waals surface area contributed by atoms with Crippen molar-refractivity contribution in [1.82, 2.24) is 0 Å². The van der Waals surface area contributed by atoms with Crippen molar-refractivity contribution in [3.05, 3.63) is 27.2 Å². The summed E-state index contributed by atoms with van der Waals surface area (Å²) in [6.07, 6.45) is 0. The van der Waals surface area contributed by atoms with E-state index in [9.17, 15) is 4.57 Å². The lowest BCUT2D eigenvalue weighted by Gasteiger charge is -2.12. The first-order valence-corrected chi connectivity index (χ1v) is 6.68. The Hall–Kier alpha value is 0.620. The Balaban J connectivity index is 3.08. The molecule has 0 amide bonds. The molecular weight excluding hydrogens is 344 g/mol. The molecule has 10 heteroatoms. The maximum Gasteiger partial charge on any atom is 0.563 e. The Labute approximate surface area is 116 Å². The van der Waals surface area contributed by atoms with Crippen molar-refractivity contribution in [1.29, 1.82) is 0 Å². The second-order valence-electron chi connectivity index (χ2n) is 2.35. The Kier molecular flexibility index (Phi) is 5.49. The maximum absolute atomic E-state index is 11.4. The van der Waals surface area contributed by atoms with Crippen LogP contribution in [0.4, 0.5) is 0 Å². The van der Waals surface area contributed by atoms with E-state index in [1.54, 1.807) is 0 Å². The molecule has 0 radical (unpaired) electrons. The summed E-state index contributed by atoms with van der Waals surface area (Å²) in [5.74, 6) is -0.0966. The first-order chi connectivity index (χ1) is 7.43. The van der Waals surface area contributed by atoms with Crippen molar-refractivity contribution < 1.29 is 17.2 Å². The zero-order valence-corrected chi connectivity index (χ0v) is 11.8. The molecule has 16 heavy (non-hydrogen) atoms. The molecule has 0 aliphatic heterocycles. The van der Waals surface area contributed by atoms with Gasteiger partial charge in [0.1, 0.15) is 5.02 Å². The van der Waals surface area contributed by atoms with Crippen molar-refractivity contribution in [2.45, 2.75) is 0 Å². The van der Waals surface area contributed by atoms with Gasteiger partial charge in [-0.05, 0) is 12.1 Å². The Morgan fingerprint density at radius 3 is 2.06 bits per heavy atom. The molecule has 1 aromatic carbocycles. The van der Waals surface area contributed by atoms with Gasteiger partial charge >= 0.3 is 7.82 Å². The summed E-state index contributed by atoms with van der Waals surface area (Å²) in [4.78, 5) is 0. The Morgan fingerprint density at radius 1 is 1.00 bits per heavy atom. The minimum Gasteiger partial charge on any atom is -0.401 e. The van der Waals surface area contributed by atoms with Crippen LogP contribution < -0.4 is 4.52 Å². The van der Waals surface area contributed by atoms with Gasteiger partial charge in [0.25, 0.3) is 0 Å². The first kappa shape index (κ1) is 14.7. The molecule has 0 saturated carbocycles. The minimum absolute atomic E-state index is 0.0246. The highest BCUT2D eigenvalue weighted by Gasteiger charge is 2.30. The number of halogens is 5. The molecular formula is C6H2Cl5O4P. The van der Waals surface area contributed by atoms with Crippen molar-refractivity contribution in [2.75, 3.05) is 0 Å². The lowest BCUT2D eigenvalue weighted by molar-refractivity contribution is 0.318. The third-order valence-electron chi connectivity index (χ3n) is 1.38. The molecule has 0 aliphatic rings. The van der Waals surface area contributed by atoms with Crippen LogP contribution in [0, 0.1) is 0 Å². The SMILES string of the molecule is O=P(OCl)(OCl)Oc1ccc(Cl)c(Cl)c1Cl. The van der Waals surface area contributed by atoms with Gasteiger partial charge in [-0.15, -0.1) is 0 Å². The van der Waals surface area contributed by atoms with E-state index in [1.165, 1.54) is 12.1 Å². The summed E-state index contributed by atoms with van der Waals surface area (Å²) in [5.41, 5.74) is 0. The number of rotatable bonds is 4. The van der Waals surface area contributed by atoms with E-state index in [4.69, 9.17) is 63.1 Å². The number of hydrogen-bond donors (Lipinski definition) is 0. The molecule has 0 aromatic heterocycles. The zero-order valence-electron chi connectivity index (χ0n) is 7.12. The van der Waals surface area contributed by atoms with E-state index in [2.05, 4.69) is 8.15 Å². The van der Waals surface area contributed by atoms with Crippen molar-refractivity contribution >= 4 is 66.4 Å². The molecule has 0 bridgehead atoms. The van der Waals surface area contributed by atoms with E-state index >= 15 is 0 Å². The summed E-state index contributed by atoms with van der Waals surface area (Å²) in [6, 6.07) is 2.67. The van der Waals surface area contributed by atoms with Crippen molar-refractivity contribution in [2.24, 2.45) is 0 Å². The first-order valence-electron chi connectivity index (χ1n) is 3.47. The molecule has 90 valence electrons. The molecule has 1 rings (SSSR count). The van der Waals surface area contributed by atoms with Gasteiger partial charge in [-0.3, -0.25) is 0 Å². The molecule has 1 aromatic rings. The third kappa shape index (κ3) is 3.31. The standard InChI is InChI=1S/C6H2Cl5O4P/c7-3-1-2-4(6(9)5(3)8)13-16(12,14-10)15-11/h1-2H. The maximum atomic E-state index is 11.4. The van der Waals surface area contributed by atoms with Crippen LogP contribution in [-0.2, 0) is 12.7 Å². The Bertz CT molecular complexity index is 431. The second kappa shape index (κ2) is 5.98. The third-order valence-corrected chi connectivity index (χ3v) is 4.43. The summed E-state index contributed by atoms with van der Waals surface area (Å²) >= 11 is 26.9. The molecule has 0 N–H and O–H groups in total. The molecule has 0 fully saturated rings. The number of phosphoric acid groups is 1. The molecule has 0 atom stereocenters. The number of hydrogen-bond acceptors (Lipinski definition) is 4. The molecule has 0 spiro atoms. The summed E-state index contributed by atoms with van der Waals surface area (Å²) in [7, 11) is -4.12. The van der Waals surface area contributed by atoms with Gasteiger partial charge in [0.15, 0.2) is 5.75 Å². The van der Waals surface area contributed by atoms with Gasteiger partial charge in [-0.1, -0.05) is 34.8 Å². The van der Waals surface area contributed by atoms with Gasteiger partial charge in [-0.25, -0.2) is 4.57 Å². The van der Waals surface area contributed by atoms with Crippen LogP contribution in [0.1, 0.15) is 0 Å². The largest absolute Gasteiger partial charge is 0.563 e. The van der Waals surface area contributed by atoms with E-state index in [1.807, 2.05) is 0 Å². The van der Waals surface area contributed by atoms with Crippen LogP contribution in [0.5, 0.6) is 5.75 Å². The fourth-order valence-electron chi connectivity index (χ4n) is 0.738. The highest BCUT2D eigenvalue weighted by Crippen LogP contribution is 2.54. The lowest BCUT2D eigenvalue weighted by atomic mass is 10.3. The van der Waals surface area contributed by atoms with Gasteiger partial charge < -0.3 is 4.52 Å². The quantitative estimate of drug-likeness (QED) is 0.535. The smallest absolute Gasteiger partial charge is 0.401 e.